The number of aliphatic hydroxyl groups excluding tert-OH is 1. The van der Waals surface area contributed by atoms with Crippen molar-refractivity contribution in [3.63, 3.8) is 0 Å². The summed E-state index contributed by atoms with van der Waals surface area (Å²) in [7, 11) is 0. The van der Waals surface area contributed by atoms with Crippen LogP contribution in [0, 0.1) is 29.1 Å². The number of aliphatic hydroxyl groups is 1. The van der Waals surface area contributed by atoms with Crippen molar-refractivity contribution in [2.24, 2.45) is 29.1 Å². The molecule has 3 rings (SSSR count). The van der Waals surface area contributed by atoms with Gasteiger partial charge in [-0.3, -0.25) is 4.79 Å². The fraction of sp³-hybridized carbons (Fsp3) is 0.741. The summed E-state index contributed by atoms with van der Waals surface area (Å²) in [6, 6.07) is 0. The predicted molar refractivity (Wildman–Crippen MR) is 122 cm³/mol. The highest BCUT2D eigenvalue weighted by Crippen LogP contribution is 2.59. The van der Waals surface area contributed by atoms with Crippen LogP contribution in [0.25, 0.3) is 0 Å². The molecule has 3 saturated carbocycles. The van der Waals surface area contributed by atoms with Crippen LogP contribution in [0.2, 0.25) is 0 Å². The second-order valence-electron chi connectivity index (χ2n) is 10.7. The van der Waals surface area contributed by atoms with Gasteiger partial charge in [0.15, 0.2) is 0 Å². The Morgan fingerprint density at radius 3 is 2.69 bits per heavy atom. The quantitative estimate of drug-likeness (QED) is 0.534. The average molecular weight is 399 g/mol. The van der Waals surface area contributed by atoms with Gasteiger partial charge >= 0.3 is 0 Å². The molecule has 0 bridgehead atoms. The lowest BCUT2D eigenvalue weighted by Gasteiger charge is -2.44. The second-order valence-corrected chi connectivity index (χ2v) is 10.7. The van der Waals surface area contributed by atoms with Gasteiger partial charge in [0.25, 0.3) is 0 Å². The van der Waals surface area contributed by atoms with Crippen molar-refractivity contribution < 1.29 is 9.90 Å². The smallest absolute Gasteiger partial charge is 0.135 e. The maximum atomic E-state index is 12.1. The van der Waals surface area contributed by atoms with Crippen molar-refractivity contribution in [2.45, 2.75) is 98.0 Å². The SMILES string of the molecule is C=C1CC[C@H](O)C/C1=C\C=C1/CCC[C@@]2(C)C1CCC2[C@@H](C)CCC(=O)C(C)C. The van der Waals surface area contributed by atoms with Crippen molar-refractivity contribution in [3.8, 4) is 0 Å². The zero-order chi connectivity index (χ0) is 21.2. The van der Waals surface area contributed by atoms with Crippen molar-refractivity contribution in [2.75, 3.05) is 0 Å². The fourth-order valence-corrected chi connectivity index (χ4v) is 6.47. The monoisotopic (exact) mass is 398 g/mol. The van der Waals surface area contributed by atoms with Crippen molar-refractivity contribution in [3.05, 3.63) is 35.5 Å². The van der Waals surface area contributed by atoms with Crippen LogP contribution in [0.3, 0.4) is 0 Å². The minimum Gasteiger partial charge on any atom is -0.393 e. The first kappa shape index (κ1) is 22.5. The molecule has 0 aromatic heterocycles. The van der Waals surface area contributed by atoms with Gasteiger partial charge in [0.1, 0.15) is 5.78 Å². The number of ketones is 1. The van der Waals surface area contributed by atoms with E-state index >= 15 is 0 Å². The van der Waals surface area contributed by atoms with Gasteiger partial charge < -0.3 is 5.11 Å². The first-order valence-electron chi connectivity index (χ1n) is 12.0. The summed E-state index contributed by atoms with van der Waals surface area (Å²) in [5.74, 6) is 2.62. The van der Waals surface area contributed by atoms with Crippen LogP contribution < -0.4 is 0 Å². The van der Waals surface area contributed by atoms with Crippen LogP contribution in [0.5, 0.6) is 0 Å². The summed E-state index contributed by atoms with van der Waals surface area (Å²) in [6.45, 7) is 13.2. The summed E-state index contributed by atoms with van der Waals surface area (Å²) in [4.78, 5) is 12.1. The molecular formula is C27H42O2. The Morgan fingerprint density at radius 2 is 1.97 bits per heavy atom. The van der Waals surface area contributed by atoms with Gasteiger partial charge in [0, 0.05) is 12.3 Å². The van der Waals surface area contributed by atoms with Gasteiger partial charge in [0.2, 0.25) is 0 Å². The van der Waals surface area contributed by atoms with Crippen LogP contribution in [0.4, 0.5) is 0 Å². The lowest BCUT2D eigenvalue weighted by atomic mass is 9.60. The van der Waals surface area contributed by atoms with E-state index in [-0.39, 0.29) is 12.0 Å². The molecular weight excluding hydrogens is 356 g/mol. The predicted octanol–water partition coefficient (Wildman–Crippen LogP) is 6.80. The van der Waals surface area contributed by atoms with E-state index < -0.39 is 0 Å². The summed E-state index contributed by atoms with van der Waals surface area (Å²) in [5, 5.41) is 10.0. The van der Waals surface area contributed by atoms with E-state index in [1.807, 2.05) is 13.8 Å². The molecule has 0 aromatic rings. The van der Waals surface area contributed by atoms with Crippen molar-refractivity contribution in [1.29, 1.82) is 0 Å². The highest BCUT2D eigenvalue weighted by molar-refractivity contribution is 5.80. The van der Waals surface area contributed by atoms with Gasteiger partial charge in [-0.05, 0) is 86.5 Å². The van der Waals surface area contributed by atoms with E-state index in [9.17, 15) is 9.90 Å². The Labute approximate surface area is 178 Å². The maximum absolute atomic E-state index is 12.1. The van der Waals surface area contributed by atoms with Gasteiger partial charge in [-0.2, -0.15) is 0 Å². The minimum absolute atomic E-state index is 0.166. The van der Waals surface area contributed by atoms with Crippen LogP contribution in [0.1, 0.15) is 91.9 Å². The number of hydrogen-bond acceptors (Lipinski definition) is 2. The maximum Gasteiger partial charge on any atom is 0.135 e. The summed E-state index contributed by atoms with van der Waals surface area (Å²) >= 11 is 0. The zero-order valence-corrected chi connectivity index (χ0v) is 19.2. The first-order chi connectivity index (χ1) is 13.7. The summed E-state index contributed by atoms with van der Waals surface area (Å²) in [6.07, 6.45) is 15.2. The molecule has 0 aliphatic heterocycles. The zero-order valence-electron chi connectivity index (χ0n) is 19.2. The van der Waals surface area contributed by atoms with Crippen LogP contribution >= 0.6 is 0 Å². The molecule has 0 saturated heterocycles. The molecule has 29 heavy (non-hydrogen) atoms. The average Bonchev–Trinajstić information content (AvgIpc) is 3.04. The van der Waals surface area contributed by atoms with Crippen LogP contribution in [0.15, 0.2) is 35.5 Å². The van der Waals surface area contributed by atoms with E-state index in [4.69, 9.17) is 0 Å². The molecule has 2 nitrogen and oxygen atoms in total. The molecule has 3 aliphatic carbocycles. The van der Waals surface area contributed by atoms with E-state index in [0.29, 0.717) is 23.0 Å². The number of carbonyl (C=O) groups is 1. The molecule has 0 radical (unpaired) electrons. The van der Waals surface area contributed by atoms with Gasteiger partial charge in [-0.25, -0.2) is 0 Å². The topological polar surface area (TPSA) is 37.3 Å². The van der Waals surface area contributed by atoms with Crippen LogP contribution in [-0.4, -0.2) is 17.0 Å². The Kier molecular flexibility index (Phi) is 7.25. The number of rotatable bonds is 6. The highest BCUT2D eigenvalue weighted by atomic mass is 16.3. The lowest BCUT2D eigenvalue weighted by molar-refractivity contribution is -0.122. The molecule has 0 spiro atoms. The van der Waals surface area contributed by atoms with Gasteiger partial charge in [-0.15, -0.1) is 0 Å². The number of carbonyl (C=O) groups excluding carboxylic acids is 1. The molecule has 3 fully saturated rings. The molecule has 1 N–H and O–H groups in total. The number of allylic oxidation sites excluding steroid dienone is 4. The third-order valence-electron chi connectivity index (χ3n) is 8.40. The summed E-state index contributed by atoms with van der Waals surface area (Å²) < 4.78 is 0. The van der Waals surface area contributed by atoms with E-state index in [1.54, 1.807) is 5.57 Å². The van der Waals surface area contributed by atoms with Crippen molar-refractivity contribution in [1.82, 2.24) is 0 Å². The Morgan fingerprint density at radius 1 is 1.21 bits per heavy atom. The fourth-order valence-electron chi connectivity index (χ4n) is 6.47. The molecule has 5 atom stereocenters. The molecule has 0 aromatic carbocycles. The van der Waals surface area contributed by atoms with E-state index in [2.05, 4.69) is 32.6 Å². The van der Waals surface area contributed by atoms with Gasteiger partial charge in [-0.1, -0.05) is 57.6 Å². The van der Waals surface area contributed by atoms with Crippen LogP contribution in [-0.2, 0) is 4.79 Å². The molecule has 2 unspecified atom stereocenters. The molecule has 162 valence electrons. The molecule has 2 heteroatoms. The van der Waals surface area contributed by atoms with Crippen molar-refractivity contribution >= 4 is 5.78 Å². The Bertz CT molecular complexity index is 683. The second kappa shape index (κ2) is 9.33. The first-order valence-corrected chi connectivity index (χ1v) is 12.0. The van der Waals surface area contributed by atoms with E-state index in [1.165, 1.54) is 43.3 Å². The minimum atomic E-state index is -0.202. The highest BCUT2D eigenvalue weighted by Gasteiger charge is 2.50. The van der Waals surface area contributed by atoms with E-state index in [0.717, 1.165) is 38.0 Å². The standard InChI is InChI=1S/C27H42O2/c1-18(2)26(29)15-9-20(4)24-13-14-25-21(7-6-16-27(24,25)5)10-11-22-17-23(28)12-8-19(22)3/h10-11,18,20,23-25,28H,3,6-9,12-17H2,1-2,4-5H3/b21-10+,22-11+/t20-,23-,24?,25?,27+/m0/s1. The van der Waals surface area contributed by atoms with Gasteiger partial charge in [0.05, 0.1) is 6.10 Å². The normalized spacial score (nSPS) is 36.6. The number of hydrogen-bond donors (Lipinski definition) is 1. The lowest BCUT2D eigenvalue weighted by Crippen LogP contribution is -2.36. The molecule has 3 aliphatic rings. The molecule has 0 amide bonds. The third kappa shape index (κ3) is 4.95. The largest absolute Gasteiger partial charge is 0.393 e. The third-order valence-corrected chi connectivity index (χ3v) is 8.40. The Hall–Kier alpha value is -1.15. The molecule has 0 heterocycles. The summed E-state index contributed by atoms with van der Waals surface area (Å²) in [5.41, 5.74) is 4.45. The Balaban J connectivity index is 1.71. The number of Topliss-reactive ketones (excluding diaryl/α,β-unsaturated/α-hetero) is 1. The number of fused-ring (bicyclic) bond motifs is 1.